The van der Waals surface area contributed by atoms with E-state index in [1.165, 1.54) is 12.8 Å². The van der Waals surface area contributed by atoms with Crippen molar-refractivity contribution >= 4 is 5.78 Å². The van der Waals surface area contributed by atoms with Gasteiger partial charge in [-0.3, -0.25) is 4.79 Å². The van der Waals surface area contributed by atoms with Crippen molar-refractivity contribution in [3.05, 3.63) is 12.7 Å². The zero-order valence-electron chi connectivity index (χ0n) is 9.09. The highest BCUT2D eigenvalue weighted by molar-refractivity contribution is 5.79. The van der Waals surface area contributed by atoms with E-state index in [1.807, 2.05) is 0 Å². The molecule has 0 aromatic heterocycles. The summed E-state index contributed by atoms with van der Waals surface area (Å²) in [5, 5.41) is 3.39. The van der Waals surface area contributed by atoms with E-state index in [-0.39, 0.29) is 0 Å². The van der Waals surface area contributed by atoms with E-state index >= 15 is 0 Å². The second-order valence-corrected chi connectivity index (χ2v) is 4.32. The summed E-state index contributed by atoms with van der Waals surface area (Å²) in [7, 11) is 0. The summed E-state index contributed by atoms with van der Waals surface area (Å²) in [6.07, 6.45) is 5.48. The first-order chi connectivity index (χ1) is 6.74. The molecule has 0 radical (unpaired) electrons. The molecule has 0 spiro atoms. The molecule has 1 rings (SSSR count). The third-order valence-electron chi connectivity index (χ3n) is 3.06. The van der Waals surface area contributed by atoms with E-state index in [0.717, 1.165) is 19.5 Å². The molecule has 1 aliphatic heterocycles. The Bertz CT molecular complexity index is 194. The van der Waals surface area contributed by atoms with Crippen molar-refractivity contribution in [2.24, 2.45) is 11.8 Å². The first-order valence-corrected chi connectivity index (χ1v) is 5.57. The normalized spacial score (nSPS) is 24.2. The van der Waals surface area contributed by atoms with Gasteiger partial charge in [-0.25, -0.2) is 0 Å². The Morgan fingerprint density at radius 1 is 1.71 bits per heavy atom. The van der Waals surface area contributed by atoms with Crippen LogP contribution in [-0.2, 0) is 4.79 Å². The van der Waals surface area contributed by atoms with Gasteiger partial charge >= 0.3 is 0 Å². The summed E-state index contributed by atoms with van der Waals surface area (Å²) >= 11 is 0. The second kappa shape index (κ2) is 5.97. The fourth-order valence-electron chi connectivity index (χ4n) is 2.13. The second-order valence-electron chi connectivity index (χ2n) is 4.32. The number of allylic oxidation sites excluding steroid dienone is 1. The van der Waals surface area contributed by atoms with E-state index in [0.29, 0.717) is 24.0 Å². The Morgan fingerprint density at radius 2 is 2.50 bits per heavy atom. The Kier molecular flexibility index (Phi) is 4.88. The molecule has 80 valence electrons. The van der Waals surface area contributed by atoms with Crippen molar-refractivity contribution in [1.82, 2.24) is 5.32 Å². The standard InChI is InChI=1S/C12H21NO/c1-3-5-12(14)8-10(2)11-6-4-7-13-9-11/h3,10-11,13H,1,4-9H2,2H3. The Hall–Kier alpha value is -0.630. The van der Waals surface area contributed by atoms with Crippen molar-refractivity contribution in [2.75, 3.05) is 13.1 Å². The maximum absolute atomic E-state index is 11.4. The summed E-state index contributed by atoms with van der Waals surface area (Å²) in [6.45, 7) is 8.01. The van der Waals surface area contributed by atoms with Crippen LogP contribution in [0.5, 0.6) is 0 Å². The summed E-state index contributed by atoms with van der Waals surface area (Å²) in [4.78, 5) is 11.4. The fourth-order valence-corrected chi connectivity index (χ4v) is 2.13. The van der Waals surface area contributed by atoms with E-state index in [1.54, 1.807) is 6.08 Å². The van der Waals surface area contributed by atoms with Crippen LogP contribution in [0.3, 0.4) is 0 Å². The van der Waals surface area contributed by atoms with Crippen LogP contribution in [-0.4, -0.2) is 18.9 Å². The first-order valence-electron chi connectivity index (χ1n) is 5.57. The molecule has 1 aliphatic rings. The van der Waals surface area contributed by atoms with Gasteiger partial charge in [0.1, 0.15) is 5.78 Å². The molecule has 0 amide bonds. The summed E-state index contributed by atoms with van der Waals surface area (Å²) in [6, 6.07) is 0. The van der Waals surface area contributed by atoms with E-state index < -0.39 is 0 Å². The predicted octanol–water partition coefficient (Wildman–Crippen LogP) is 2.16. The Balaban J connectivity index is 2.28. The van der Waals surface area contributed by atoms with Gasteiger partial charge in [-0.05, 0) is 37.8 Å². The number of carbonyl (C=O) groups excluding carboxylic acids is 1. The number of piperidine rings is 1. The van der Waals surface area contributed by atoms with Gasteiger partial charge < -0.3 is 5.32 Å². The number of nitrogens with one attached hydrogen (secondary N) is 1. The molecule has 0 saturated carbocycles. The Morgan fingerprint density at radius 3 is 3.07 bits per heavy atom. The molecular weight excluding hydrogens is 174 g/mol. The van der Waals surface area contributed by atoms with Crippen molar-refractivity contribution in [3.63, 3.8) is 0 Å². The summed E-state index contributed by atoms with van der Waals surface area (Å²) in [5.41, 5.74) is 0. The minimum absolute atomic E-state index is 0.332. The number of hydrogen-bond acceptors (Lipinski definition) is 2. The molecule has 2 unspecified atom stereocenters. The lowest BCUT2D eigenvalue weighted by atomic mass is 9.84. The maximum atomic E-state index is 11.4. The minimum atomic E-state index is 0.332. The van der Waals surface area contributed by atoms with E-state index in [2.05, 4.69) is 18.8 Å². The molecule has 1 fully saturated rings. The number of carbonyl (C=O) groups is 1. The van der Waals surface area contributed by atoms with Crippen LogP contribution in [0.25, 0.3) is 0 Å². The van der Waals surface area contributed by atoms with Crippen LogP contribution < -0.4 is 5.32 Å². The molecule has 2 heteroatoms. The maximum Gasteiger partial charge on any atom is 0.136 e. The monoisotopic (exact) mass is 195 g/mol. The van der Waals surface area contributed by atoms with E-state index in [4.69, 9.17) is 0 Å². The highest BCUT2D eigenvalue weighted by Gasteiger charge is 2.21. The topological polar surface area (TPSA) is 29.1 Å². The van der Waals surface area contributed by atoms with Gasteiger partial charge in [-0.15, -0.1) is 6.58 Å². The van der Waals surface area contributed by atoms with Gasteiger partial charge in [-0.1, -0.05) is 13.0 Å². The predicted molar refractivity (Wildman–Crippen MR) is 59.2 cm³/mol. The van der Waals surface area contributed by atoms with Crippen molar-refractivity contribution in [3.8, 4) is 0 Å². The lowest BCUT2D eigenvalue weighted by Crippen LogP contribution is -2.33. The third kappa shape index (κ3) is 3.62. The lowest BCUT2D eigenvalue weighted by Gasteiger charge is -2.27. The molecular formula is C12H21NO. The first kappa shape index (κ1) is 11.4. The van der Waals surface area contributed by atoms with Crippen molar-refractivity contribution in [1.29, 1.82) is 0 Å². The van der Waals surface area contributed by atoms with Crippen LogP contribution in [0.2, 0.25) is 0 Å². The third-order valence-corrected chi connectivity index (χ3v) is 3.06. The molecule has 1 saturated heterocycles. The van der Waals surface area contributed by atoms with Gasteiger partial charge in [0.2, 0.25) is 0 Å². The van der Waals surface area contributed by atoms with Crippen LogP contribution in [0.15, 0.2) is 12.7 Å². The fraction of sp³-hybridized carbons (Fsp3) is 0.750. The largest absolute Gasteiger partial charge is 0.316 e. The lowest BCUT2D eigenvalue weighted by molar-refractivity contribution is -0.119. The molecule has 14 heavy (non-hydrogen) atoms. The van der Waals surface area contributed by atoms with Gasteiger partial charge in [0.05, 0.1) is 0 Å². The molecule has 0 aromatic carbocycles. The van der Waals surface area contributed by atoms with E-state index in [9.17, 15) is 4.79 Å². The van der Waals surface area contributed by atoms with Crippen molar-refractivity contribution < 1.29 is 4.79 Å². The Labute approximate surface area is 86.8 Å². The van der Waals surface area contributed by atoms with Crippen LogP contribution in [0, 0.1) is 11.8 Å². The smallest absolute Gasteiger partial charge is 0.136 e. The molecule has 0 aromatic rings. The molecule has 1 N–H and O–H groups in total. The zero-order valence-corrected chi connectivity index (χ0v) is 9.09. The van der Waals surface area contributed by atoms with Crippen molar-refractivity contribution in [2.45, 2.75) is 32.6 Å². The summed E-state index contributed by atoms with van der Waals surface area (Å²) in [5.74, 6) is 1.55. The van der Waals surface area contributed by atoms with Crippen LogP contribution >= 0.6 is 0 Å². The molecule has 2 atom stereocenters. The highest BCUT2D eigenvalue weighted by atomic mass is 16.1. The van der Waals surface area contributed by atoms with Crippen LogP contribution in [0.1, 0.15) is 32.6 Å². The average molecular weight is 195 g/mol. The van der Waals surface area contributed by atoms with Crippen LogP contribution in [0.4, 0.5) is 0 Å². The quantitative estimate of drug-likeness (QED) is 0.681. The molecule has 0 bridgehead atoms. The number of hydrogen-bond donors (Lipinski definition) is 1. The van der Waals surface area contributed by atoms with Gasteiger partial charge in [-0.2, -0.15) is 0 Å². The van der Waals surface area contributed by atoms with Gasteiger partial charge in [0, 0.05) is 12.8 Å². The minimum Gasteiger partial charge on any atom is -0.316 e. The average Bonchev–Trinajstić information content (AvgIpc) is 2.19. The summed E-state index contributed by atoms with van der Waals surface area (Å²) < 4.78 is 0. The zero-order chi connectivity index (χ0) is 10.4. The SMILES string of the molecule is C=CCC(=O)CC(C)C1CCCNC1. The number of Topliss-reactive ketones (excluding diaryl/α,β-unsaturated/α-hetero) is 1. The number of rotatable bonds is 5. The molecule has 1 heterocycles. The van der Waals surface area contributed by atoms with Gasteiger partial charge in [0.15, 0.2) is 0 Å². The molecule has 0 aliphatic carbocycles. The molecule has 2 nitrogen and oxygen atoms in total. The van der Waals surface area contributed by atoms with Gasteiger partial charge in [0.25, 0.3) is 0 Å². The highest BCUT2D eigenvalue weighted by Crippen LogP contribution is 2.22. The number of ketones is 1.